The first-order chi connectivity index (χ1) is 16.4. The van der Waals surface area contributed by atoms with E-state index in [9.17, 15) is 14.4 Å². The molecule has 5 atom stereocenters. The van der Waals surface area contributed by atoms with Gasteiger partial charge in [-0.05, 0) is 84.8 Å². The quantitative estimate of drug-likeness (QED) is 0.497. The van der Waals surface area contributed by atoms with Crippen LogP contribution in [0.25, 0.3) is 0 Å². The third kappa shape index (κ3) is 7.97. The van der Waals surface area contributed by atoms with Gasteiger partial charge >= 0.3 is 6.09 Å². The number of rotatable bonds is 8. The molecular weight excluding hydrogens is 454 g/mol. The van der Waals surface area contributed by atoms with Crippen LogP contribution in [0, 0.1) is 25.7 Å². The number of amides is 3. The van der Waals surface area contributed by atoms with Crippen LogP contribution < -0.4 is 10.6 Å². The Hall–Kier alpha value is -2.57. The minimum atomic E-state index is -0.812. The number of carbonyl (C=O) groups is 3. The molecule has 7 nitrogen and oxygen atoms in total. The Morgan fingerprint density at radius 2 is 1.69 bits per heavy atom. The molecule has 0 radical (unpaired) electrons. The maximum atomic E-state index is 14.3. The number of nitrogens with zero attached hydrogens (tertiary/aromatic N) is 1. The summed E-state index contributed by atoms with van der Waals surface area (Å²) in [4.78, 5) is 42.6. The van der Waals surface area contributed by atoms with Gasteiger partial charge in [0.15, 0.2) is 0 Å². The molecule has 2 N–H and O–H groups in total. The molecule has 1 aliphatic rings. The maximum Gasteiger partial charge on any atom is 0.408 e. The third-order valence-electron chi connectivity index (χ3n) is 6.57. The summed E-state index contributed by atoms with van der Waals surface area (Å²) in [7, 11) is 0. The van der Waals surface area contributed by atoms with Crippen molar-refractivity contribution in [2.45, 2.75) is 118 Å². The second-order valence-corrected chi connectivity index (χ2v) is 12.5. The Bertz CT molecular complexity index is 960. The van der Waals surface area contributed by atoms with E-state index >= 15 is 0 Å². The van der Waals surface area contributed by atoms with Gasteiger partial charge < -0.3 is 20.3 Å². The van der Waals surface area contributed by atoms with Crippen LogP contribution in [0.2, 0.25) is 0 Å². The molecule has 36 heavy (non-hydrogen) atoms. The molecule has 1 fully saturated rings. The van der Waals surface area contributed by atoms with E-state index in [4.69, 9.17) is 4.74 Å². The normalized spacial score (nSPS) is 20.1. The van der Waals surface area contributed by atoms with Gasteiger partial charge in [-0.1, -0.05) is 51.0 Å². The zero-order chi connectivity index (χ0) is 27.6. The van der Waals surface area contributed by atoms with Gasteiger partial charge in [0.1, 0.15) is 17.7 Å². The largest absolute Gasteiger partial charge is 0.444 e. The summed E-state index contributed by atoms with van der Waals surface area (Å²) in [6.07, 6.45) is 0.866. The molecule has 0 spiro atoms. The zero-order valence-electron chi connectivity index (χ0n) is 24.1. The molecule has 202 valence electrons. The van der Waals surface area contributed by atoms with Crippen LogP contribution in [0.1, 0.15) is 97.9 Å². The minimum absolute atomic E-state index is 0.0825. The summed E-state index contributed by atoms with van der Waals surface area (Å²) in [6, 6.07) is 4.26. The summed E-state index contributed by atoms with van der Waals surface area (Å²) in [5.74, 6) is -0.351. The van der Waals surface area contributed by atoms with Crippen molar-refractivity contribution in [1.82, 2.24) is 15.5 Å². The molecule has 7 heteroatoms. The molecule has 2 rings (SSSR count). The molecule has 1 aromatic carbocycles. The van der Waals surface area contributed by atoms with E-state index in [0.717, 1.165) is 23.1 Å². The third-order valence-corrected chi connectivity index (χ3v) is 6.57. The van der Waals surface area contributed by atoms with Crippen molar-refractivity contribution in [2.24, 2.45) is 11.8 Å². The van der Waals surface area contributed by atoms with E-state index in [-0.39, 0.29) is 29.7 Å². The smallest absolute Gasteiger partial charge is 0.408 e. The monoisotopic (exact) mass is 501 g/mol. The van der Waals surface area contributed by atoms with Crippen LogP contribution in [0.15, 0.2) is 18.2 Å². The number of benzene rings is 1. The highest BCUT2D eigenvalue weighted by atomic mass is 16.6. The molecule has 1 saturated carbocycles. The van der Waals surface area contributed by atoms with Crippen LogP contribution in [-0.4, -0.2) is 46.0 Å². The fourth-order valence-electron chi connectivity index (χ4n) is 4.44. The zero-order valence-corrected chi connectivity index (χ0v) is 24.1. The van der Waals surface area contributed by atoms with E-state index in [2.05, 4.69) is 17.6 Å². The van der Waals surface area contributed by atoms with Crippen molar-refractivity contribution in [3.05, 3.63) is 34.9 Å². The van der Waals surface area contributed by atoms with E-state index in [1.54, 1.807) is 25.7 Å². The first kappa shape index (κ1) is 29.7. The summed E-state index contributed by atoms with van der Waals surface area (Å²) in [6.45, 7) is 21.2. The number of ether oxygens (including phenoxy) is 1. The molecule has 0 aromatic heterocycles. The molecule has 5 unspecified atom stereocenters. The van der Waals surface area contributed by atoms with Gasteiger partial charge in [-0.25, -0.2) is 4.79 Å². The Morgan fingerprint density at radius 3 is 2.14 bits per heavy atom. The van der Waals surface area contributed by atoms with Crippen molar-refractivity contribution in [3.63, 3.8) is 0 Å². The SMILES string of the molecule is CCC(C)C(NC(=O)OC(C)(C)C)C(=O)N(C(C(=O)NC(C)(C)C)c1ccc(C)cc1C)C1CC1C. The van der Waals surface area contributed by atoms with E-state index in [0.29, 0.717) is 6.42 Å². The van der Waals surface area contributed by atoms with Crippen LogP contribution in [0.4, 0.5) is 4.79 Å². The number of hydrogen-bond acceptors (Lipinski definition) is 4. The predicted octanol–water partition coefficient (Wildman–Crippen LogP) is 5.44. The number of carbonyl (C=O) groups excluding carboxylic acids is 3. The second kappa shape index (κ2) is 11.2. The van der Waals surface area contributed by atoms with E-state index < -0.39 is 29.3 Å². The number of nitrogens with one attached hydrogen (secondary N) is 2. The summed E-state index contributed by atoms with van der Waals surface area (Å²) < 4.78 is 5.48. The molecule has 0 aliphatic heterocycles. The van der Waals surface area contributed by atoms with Crippen LogP contribution in [0.5, 0.6) is 0 Å². The second-order valence-electron chi connectivity index (χ2n) is 12.5. The molecule has 1 aliphatic carbocycles. The van der Waals surface area contributed by atoms with Crippen molar-refractivity contribution in [2.75, 3.05) is 0 Å². The summed E-state index contributed by atoms with van der Waals surface area (Å²) in [5, 5.41) is 5.94. The minimum Gasteiger partial charge on any atom is -0.444 e. The Morgan fingerprint density at radius 1 is 1.11 bits per heavy atom. The molecule has 0 heterocycles. The maximum absolute atomic E-state index is 14.3. The van der Waals surface area contributed by atoms with Crippen molar-refractivity contribution in [3.8, 4) is 0 Å². The lowest BCUT2D eigenvalue weighted by molar-refractivity contribution is -0.145. The first-order valence-electron chi connectivity index (χ1n) is 13.2. The van der Waals surface area contributed by atoms with Gasteiger partial charge in [-0.15, -0.1) is 0 Å². The molecule has 3 amide bonds. The highest BCUT2D eigenvalue weighted by molar-refractivity contribution is 5.93. The Labute approximate surface area is 217 Å². The molecular formula is C29H47N3O4. The Balaban J connectivity index is 2.58. The fraction of sp³-hybridized carbons (Fsp3) is 0.690. The predicted molar refractivity (Wildman–Crippen MR) is 144 cm³/mol. The van der Waals surface area contributed by atoms with Gasteiger partial charge in [0.25, 0.3) is 0 Å². The summed E-state index contributed by atoms with van der Waals surface area (Å²) >= 11 is 0. The van der Waals surface area contributed by atoms with Crippen molar-refractivity contribution in [1.29, 1.82) is 0 Å². The lowest BCUT2D eigenvalue weighted by Gasteiger charge is -2.38. The highest BCUT2D eigenvalue weighted by Gasteiger charge is 2.49. The number of hydrogen-bond donors (Lipinski definition) is 2. The number of aryl methyl sites for hydroxylation is 2. The topological polar surface area (TPSA) is 87.7 Å². The van der Waals surface area contributed by atoms with Crippen molar-refractivity contribution < 1.29 is 19.1 Å². The lowest BCUT2D eigenvalue weighted by Crippen LogP contribution is -2.57. The lowest BCUT2D eigenvalue weighted by atomic mass is 9.93. The van der Waals surface area contributed by atoms with E-state index in [1.807, 2.05) is 66.7 Å². The molecule has 0 saturated heterocycles. The fourth-order valence-corrected chi connectivity index (χ4v) is 4.44. The van der Waals surface area contributed by atoms with Gasteiger partial charge in [0.2, 0.25) is 11.8 Å². The summed E-state index contributed by atoms with van der Waals surface area (Å²) in [5.41, 5.74) is 1.69. The first-order valence-corrected chi connectivity index (χ1v) is 13.2. The van der Waals surface area contributed by atoms with Crippen LogP contribution in [-0.2, 0) is 14.3 Å². The van der Waals surface area contributed by atoms with Gasteiger partial charge in [-0.3, -0.25) is 9.59 Å². The van der Waals surface area contributed by atoms with E-state index in [1.165, 1.54) is 0 Å². The van der Waals surface area contributed by atoms with Crippen LogP contribution in [0.3, 0.4) is 0 Å². The van der Waals surface area contributed by atoms with Gasteiger partial charge in [0, 0.05) is 11.6 Å². The standard InChI is InChI=1S/C29H47N3O4/c1-12-18(3)23(30-27(35)36-29(9,10)11)26(34)32(22-16-20(22)5)24(25(33)31-28(6,7)8)21-14-13-17(2)15-19(21)4/h13-15,18,20,22-24H,12,16H2,1-11H3,(H,30,35)(H,31,33). The molecule has 0 bridgehead atoms. The van der Waals surface area contributed by atoms with Crippen LogP contribution >= 0.6 is 0 Å². The molecule has 1 aromatic rings. The van der Waals surface area contributed by atoms with Gasteiger partial charge in [-0.2, -0.15) is 0 Å². The number of alkyl carbamates (subject to hydrolysis) is 1. The Kier molecular flexibility index (Phi) is 9.25. The van der Waals surface area contributed by atoms with Gasteiger partial charge in [0.05, 0.1) is 0 Å². The van der Waals surface area contributed by atoms with Crippen molar-refractivity contribution >= 4 is 17.9 Å². The highest BCUT2D eigenvalue weighted by Crippen LogP contribution is 2.42. The average molecular weight is 502 g/mol. The average Bonchev–Trinajstić information content (AvgIpc) is 3.43.